The van der Waals surface area contributed by atoms with Gasteiger partial charge in [0.1, 0.15) is 0 Å². The summed E-state index contributed by atoms with van der Waals surface area (Å²) in [6, 6.07) is 9.89. The van der Waals surface area contributed by atoms with Crippen LogP contribution in [0.1, 0.15) is 27.2 Å². The number of carbonyl (C=O) groups is 1. The molecule has 8 nitrogen and oxygen atoms in total. The molecule has 1 saturated heterocycles. The minimum absolute atomic E-state index is 0.0695. The predicted molar refractivity (Wildman–Crippen MR) is 100 cm³/mol. The molecule has 0 saturated carbocycles. The topological polar surface area (TPSA) is 79.2 Å². The third kappa shape index (κ3) is 4.78. The van der Waals surface area contributed by atoms with Gasteiger partial charge < -0.3 is 10.2 Å². The van der Waals surface area contributed by atoms with Crippen LogP contribution in [0, 0.1) is 0 Å². The SMILES string of the molecule is CC(C)(C)NC(=O)CN1CCCN(c2nnnn2-c2ccccc2)CC1. The molecule has 140 valence electrons. The normalized spacial score (nSPS) is 16.3. The number of amides is 1. The molecule has 0 radical (unpaired) electrons. The molecule has 0 aliphatic carbocycles. The smallest absolute Gasteiger partial charge is 0.250 e. The molecule has 0 bridgehead atoms. The molecule has 0 unspecified atom stereocenters. The minimum atomic E-state index is -0.202. The van der Waals surface area contributed by atoms with Crippen molar-refractivity contribution in [2.75, 3.05) is 37.6 Å². The number of hydrogen-bond acceptors (Lipinski definition) is 6. The highest BCUT2D eigenvalue weighted by Gasteiger charge is 2.22. The van der Waals surface area contributed by atoms with Crippen molar-refractivity contribution in [3.05, 3.63) is 30.3 Å². The molecular weight excluding hydrogens is 330 g/mol. The number of tetrazole rings is 1. The van der Waals surface area contributed by atoms with Crippen LogP contribution >= 0.6 is 0 Å². The number of benzene rings is 1. The van der Waals surface area contributed by atoms with E-state index in [-0.39, 0.29) is 11.4 Å². The molecule has 1 aromatic heterocycles. The molecule has 0 atom stereocenters. The van der Waals surface area contributed by atoms with Crippen molar-refractivity contribution < 1.29 is 4.79 Å². The van der Waals surface area contributed by atoms with E-state index in [0.717, 1.165) is 44.2 Å². The monoisotopic (exact) mass is 357 g/mol. The summed E-state index contributed by atoms with van der Waals surface area (Å²) < 4.78 is 1.77. The standard InChI is InChI=1S/C18H27N7O/c1-18(2,3)19-16(26)14-23-10-7-11-24(13-12-23)17-20-21-22-25(17)15-8-5-4-6-9-15/h4-6,8-9H,7,10-14H2,1-3H3,(H,19,26). The van der Waals surface area contributed by atoms with Crippen LogP contribution in [0.15, 0.2) is 30.3 Å². The molecule has 0 spiro atoms. The van der Waals surface area contributed by atoms with E-state index in [9.17, 15) is 4.79 Å². The Kier molecular flexibility index (Phi) is 5.51. The maximum atomic E-state index is 12.2. The summed E-state index contributed by atoms with van der Waals surface area (Å²) in [6.45, 7) is 9.77. The van der Waals surface area contributed by atoms with Crippen molar-refractivity contribution in [1.82, 2.24) is 30.4 Å². The van der Waals surface area contributed by atoms with Crippen LogP contribution in [0.3, 0.4) is 0 Å². The van der Waals surface area contributed by atoms with E-state index < -0.39 is 0 Å². The highest BCUT2D eigenvalue weighted by molar-refractivity contribution is 5.78. The van der Waals surface area contributed by atoms with Crippen molar-refractivity contribution >= 4 is 11.9 Å². The van der Waals surface area contributed by atoms with Gasteiger partial charge in [-0.3, -0.25) is 9.69 Å². The molecule has 2 heterocycles. The van der Waals surface area contributed by atoms with Crippen LogP contribution in [-0.2, 0) is 4.79 Å². The Morgan fingerprint density at radius 1 is 1.12 bits per heavy atom. The van der Waals surface area contributed by atoms with E-state index in [1.807, 2.05) is 51.1 Å². The second-order valence-corrected chi connectivity index (χ2v) is 7.64. The summed E-state index contributed by atoms with van der Waals surface area (Å²) in [5.74, 6) is 0.817. The number of para-hydroxylation sites is 1. The van der Waals surface area contributed by atoms with Gasteiger partial charge in [-0.1, -0.05) is 23.3 Å². The number of rotatable bonds is 4. The number of hydrogen-bond donors (Lipinski definition) is 1. The van der Waals surface area contributed by atoms with E-state index in [1.54, 1.807) is 4.68 Å². The van der Waals surface area contributed by atoms with Crippen molar-refractivity contribution in [3.63, 3.8) is 0 Å². The second-order valence-electron chi connectivity index (χ2n) is 7.64. The lowest BCUT2D eigenvalue weighted by Gasteiger charge is -2.25. The first kappa shape index (κ1) is 18.3. The Morgan fingerprint density at radius 3 is 2.62 bits per heavy atom. The summed E-state index contributed by atoms with van der Waals surface area (Å²) in [6.07, 6.45) is 0.963. The van der Waals surface area contributed by atoms with E-state index in [4.69, 9.17) is 0 Å². The molecule has 1 N–H and O–H groups in total. The Balaban J connectivity index is 1.63. The lowest BCUT2D eigenvalue weighted by Crippen LogP contribution is -2.46. The van der Waals surface area contributed by atoms with E-state index in [1.165, 1.54) is 0 Å². The van der Waals surface area contributed by atoms with Crippen molar-refractivity contribution in [3.8, 4) is 5.69 Å². The van der Waals surface area contributed by atoms with Crippen molar-refractivity contribution in [1.29, 1.82) is 0 Å². The number of nitrogens with zero attached hydrogens (tertiary/aromatic N) is 6. The van der Waals surface area contributed by atoms with Gasteiger partial charge in [-0.15, -0.1) is 0 Å². The second kappa shape index (κ2) is 7.82. The van der Waals surface area contributed by atoms with Gasteiger partial charge in [0.2, 0.25) is 11.9 Å². The molecule has 2 aromatic rings. The largest absolute Gasteiger partial charge is 0.350 e. The third-order valence-electron chi connectivity index (χ3n) is 4.21. The first-order valence-corrected chi connectivity index (χ1v) is 9.04. The minimum Gasteiger partial charge on any atom is -0.350 e. The average molecular weight is 357 g/mol. The van der Waals surface area contributed by atoms with Gasteiger partial charge in [-0.05, 0) is 49.8 Å². The summed E-state index contributed by atoms with van der Waals surface area (Å²) in [5, 5.41) is 15.2. The zero-order chi connectivity index (χ0) is 18.6. The summed E-state index contributed by atoms with van der Waals surface area (Å²) in [5.41, 5.74) is 0.741. The molecule has 1 fully saturated rings. The van der Waals surface area contributed by atoms with Gasteiger partial charge in [-0.2, -0.15) is 4.68 Å². The zero-order valence-electron chi connectivity index (χ0n) is 15.7. The van der Waals surface area contributed by atoms with Gasteiger partial charge >= 0.3 is 0 Å². The molecule has 1 amide bonds. The lowest BCUT2D eigenvalue weighted by molar-refractivity contribution is -0.123. The lowest BCUT2D eigenvalue weighted by atomic mass is 10.1. The highest BCUT2D eigenvalue weighted by Crippen LogP contribution is 2.17. The molecule has 1 aliphatic rings. The zero-order valence-corrected chi connectivity index (χ0v) is 15.7. The molecule has 1 aromatic carbocycles. The average Bonchev–Trinajstić information content (AvgIpc) is 2.95. The Bertz CT molecular complexity index is 723. The Morgan fingerprint density at radius 2 is 1.88 bits per heavy atom. The van der Waals surface area contributed by atoms with Gasteiger partial charge in [-0.25, -0.2) is 0 Å². The molecule has 3 rings (SSSR count). The van der Waals surface area contributed by atoms with Gasteiger partial charge in [0.05, 0.1) is 12.2 Å². The van der Waals surface area contributed by atoms with Crippen LogP contribution in [0.5, 0.6) is 0 Å². The fraction of sp³-hybridized carbons (Fsp3) is 0.556. The summed E-state index contributed by atoms with van der Waals surface area (Å²) >= 11 is 0. The van der Waals surface area contributed by atoms with E-state index in [2.05, 4.69) is 30.6 Å². The number of nitrogens with one attached hydrogen (secondary N) is 1. The van der Waals surface area contributed by atoms with Gasteiger partial charge in [0.15, 0.2) is 0 Å². The predicted octanol–water partition coefficient (Wildman–Crippen LogP) is 1.09. The molecule has 1 aliphatic heterocycles. The maximum Gasteiger partial charge on any atom is 0.250 e. The summed E-state index contributed by atoms with van der Waals surface area (Å²) in [4.78, 5) is 16.6. The van der Waals surface area contributed by atoms with Crippen molar-refractivity contribution in [2.24, 2.45) is 0 Å². The Labute approximate surface area is 154 Å². The highest BCUT2D eigenvalue weighted by atomic mass is 16.2. The molecule has 8 heteroatoms. The number of carbonyl (C=O) groups excluding carboxylic acids is 1. The summed E-state index contributed by atoms with van der Waals surface area (Å²) in [7, 11) is 0. The van der Waals surface area contributed by atoms with Crippen LogP contribution in [-0.4, -0.2) is 69.3 Å². The van der Waals surface area contributed by atoms with Crippen LogP contribution in [0.2, 0.25) is 0 Å². The molecule has 26 heavy (non-hydrogen) atoms. The van der Waals surface area contributed by atoms with Gasteiger partial charge in [0, 0.05) is 31.7 Å². The number of aromatic nitrogens is 4. The van der Waals surface area contributed by atoms with Crippen molar-refractivity contribution in [2.45, 2.75) is 32.7 Å². The molecular formula is C18H27N7O. The van der Waals surface area contributed by atoms with Crippen LogP contribution in [0.25, 0.3) is 5.69 Å². The quantitative estimate of drug-likeness (QED) is 0.882. The first-order chi connectivity index (χ1) is 12.4. The van der Waals surface area contributed by atoms with E-state index >= 15 is 0 Å². The fourth-order valence-corrected chi connectivity index (χ4v) is 3.11. The first-order valence-electron chi connectivity index (χ1n) is 9.04. The maximum absolute atomic E-state index is 12.2. The van der Waals surface area contributed by atoms with Crippen LogP contribution < -0.4 is 10.2 Å². The number of anilines is 1. The van der Waals surface area contributed by atoms with Gasteiger partial charge in [0.25, 0.3) is 0 Å². The van der Waals surface area contributed by atoms with E-state index in [0.29, 0.717) is 6.54 Å². The fourth-order valence-electron chi connectivity index (χ4n) is 3.11. The van der Waals surface area contributed by atoms with Crippen LogP contribution in [0.4, 0.5) is 5.95 Å². The Hall–Kier alpha value is -2.48. The third-order valence-corrected chi connectivity index (χ3v) is 4.21.